The van der Waals surface area contributed by atoms with E-state index in [1.165, 1.54) is 21.3 Å². The van der Waals surface area contributed by atoms with Gasteiger partial charge in [0.2, 0.25) is 0 Å². The molecular formula is C18H22N2S. The van der Waals surface area contributed by atoms with Crippen LogP contribution in [0.3, 0.4) is 0 Å². The fraction of sp³-hybridized carbons (Fsp3) is 0.333. The predicted octanol–water partition coefficient (Wildman–Crippen LogP) is 4.64. The minimum Gasteiger partial charge on any atom is -0.342 e. The van der Waals surface area contributed by atoms with Gasteiger partial charge in [-0.2, -0.15) is 0 Å². The standard InChI is InChI=1S/C18H22N2S/c1-18(2,3)19-12-14-6-4-8-17-16(14)9-10-20(17)13-15-7-5-11-21-15/h4-11,19H,12-13H2,1-3H3. The quantitative estimate of drug-likeness (QED) is 0.742. The smallest absolute Gasteiger partial charge is 0.0569 e. The molecule has 0 aliphatic rings. The highest BCUT2D eigenvalue weighted by Gasteiger charge is 2.11. The largest absolute Gasteiger partial charge is 0.342 e. The molecule has 2 nitrogen and oxygen atoms in total. The molecule has 1 aromatic carbocycles. The number of thiophene rings is 1. The van der Waals surface area contributed by atoms with Crippen LogP contribution < -0.4 is 5.32 Å². The molecule has 3 aromatic rings. The Labute approximate surface area is 130 Å². The van der Waals surface area contributed by atoms with E-state index < -0.39 is 0 Å². The van der Waals surface area contributed by atoms with Gasteiger partial charge in [0, 0.05) is 34.1 Å². The molecule has 0 spiro atoms. The third-order valence-corrected chi connectivity index (χ3v) is 4.48. The molecule has 0 saturated carbocycles. The Morgan fingerprint density at radius 1 is 1.10 bits per heavy atom. The highest BCUT2D eigenvalue weighted by Crippen LogP contribution is 2.23. The summed E-state index contributed by atoms with van der Waals surface area (Å²) in [6, 6.07) is 13.1. The summed E-state index contributed by atoms with van der Waals surface area (Å²) in [4.78, 5) is 1.39. The van der Waals surface area contributed by atoms with Crippen LogP contribution in [0.2, 0.25) is 0 Å². The van der Waals surface area contributed by atoms with Crippen LogP contribution in [0.25, 0.3) is 10.9 Å². The zero-order valence-corrected chi connectivity index (χ0v) is 13.7. The minimum absolute atomic E-state index is 0.141. The van der Waals surface area contributed by atoms with Crippen molar-refractivity contribution in [1.29, 1.82) is 0 Å². The average Bonchev–Trinajstić information content (AvgIpc) is 3.06. The van der Waals surface area contributed by atoms with E-state index in [1.807, 2.05) is 11.3 Å². The van der Waals surface area contributed by atoms with Crippen LogP contribution in [0.5, 0.6) is 0 Å². The van der Waals surface area contributed by atoms with Gasteiger partial charge in [-0.15, -0.1) is 11.3 Å². The number of nitrogens with zero attached hydrogens (tertiary/aromatic N) is 1. The highest BCUT2D eigenvalue weighted by atomic mass is 32.1. The van der Waals surface area contributed by atoms with Crippen LogP contribution in [-0.2, 0) is 13.1 Å². The molecule has 3 heteroatoms. The van der Waals surface area contributed by atoms with Gasteiger partial charge >= 0.3 is 0 Å². The van der Waals surface area contributed by atoms with Gasteiger partial charge in [-0.1, -0.05) is 18.2 Å². The average molecular weight is 298 g/mol. The predicted molar refractivity (Wildman–Crippen MR) is 92.0 cm³/mol. The highest BCUT2D eigenvalue weighted by molar-refractivity contribution is 7.09. The molecule has 0 radical (unpaired) electrons. The van der Waals surface area contributed by atoms with E-state index in [0.29, 0.717) is 0 Å². The second kappa shape index (κ2) is 5.66. The Morgan fingerprint density at radius 3 is 2.67 bits per heavy atom. The van der Waals surface area contributed by atoms with Crippen LogP contribution in [0.4, 0.5) is 0 Å². The summed E-state index contributed by atoms with van der Waals surface area (Å²) >= 11 is 1.81. The van der Waals surface area contributed by atoms with Gasteiger partial charge in [-0.25, -0.2) is 0 Å². The first-order chi connectivity index (χ1) is 10.0. The molecule has 0 aliphatic heterocycles. The monoisotopic (exact) mass is 298 g/mol. The molecule has 0 atom stereocenters. The lowest BCUT2D eigenvalue weighted by atomic mass is 10.1. The number of nitrogens with one attached hydrogen (secondary N) is 1. The van der Waals surface area contributed by atoms with Crippen LogP contribution >= 0.6 is 11.3 Å². The Morgan fingerprint density at radius 2 is 1.95 bits per heavy atom. The zero-order valence-electron chi connectivity index (χ0n) is 12.9. The van der Waals surface area contributed by atoms with Crippen molar-refractivity contribution in [3.05, 3.63) is 58.4 Å². The summed E-state index contributed by atoms with van der Waals surface area (Å²) in [7, 11) is 0. The third-order valence-electron chi connectivity index (χ3n) is 3.62. The number of aromatic nitrogens is 1. The van der Waals surface area contributed by atoms with Crippen molar-refractivity contribution in [1.82, 2.24) is 9.88 Å². The fourth-order valence-electron chi connectivity index (χ4n) is 2.51. The van der Waals surface area contributed by atoms with Gasteiger partial charge in [0.05, 0.1) is 6.54 Å². The van der Waals surface area contributed by atoms with Gasteiger partial charge in [-0.3, -0.25) is 0 Å². The number of hydrogen-bond acceptors (Lipinski definition) is 2. The van der Waals surface area contributed by atoms with E-state index >= 15 is 0 Å². The molecule has 2 heterocycles. The van der Waals surface area contributed by atoms with E-state index in [4.69, 9.17) is 0 Å². The minimum atomic E-state index is 0.141. The summed E-state index contributed by atoms with van der Waals surface area (Å²) in [6.45, 7) is 8.47. The normalized spacial score (nSPS) is 12.1. The van der Waals surface area contributed by atoms with Gasteiger partial charge < -0.3 is 9.88 Å². The van der Waals surface area contributed by atoms with Crippen molar-refractivity contribution < 1.29 is 0 Å². The molecule has 1 N–H and O–H groups in total. The third kappa shape index (κ3) is 3.36. The molecule has 2 aromatic heterocycles. The number of benzene rings is 1. The van der Waals surface area contributed by atoms with Crippen LogP contribution in [-0.4, -0.2) is 10.1 Å². The summed E-state index contributed by atoms with van der Waals surface area (Å²) in [5.74, 6) is 0. The molecule has 3 rings (SSSR count). The number of rotatable bonds is 4. The molecule has 0 saturated heterocycles. The molecule has 0 fully saturated rings. The fourth-order valence-corrected chi connectivity index (χ4v) is 3.21. The van der Waals surface area contributed by atoms with Crippen molar-refractivity contribution in [3.63, 3.8) is 0 Å². The summed E-state index contributed by atoms with van der Waals surface area (Å²) in [5.41, 5.74) is 2.82. The van der Waals surface area contributed by atoms with Gasteiger partial charge in [0.25, 0.3) is 0 Å². The Hall–Kier alpha value is -1.58. The first-order valence-corrected chi connectivity index (χ1v) is 8.25. The summed E-state index contributed by atoms with van der Waals surface area (Å²) in [6.07, 6.45) is 2.20. The van der Waals surface area contributed by atoms with E-state index in [0.717, 1.165) is 13.1 Å². The lowest BCUT2D eigenvalue weighted by Crippen LogP contribution is -2.35. The van der Waals surface area contributed by atoms with E-state index in [9.17, 15) is 0 Å². The Balaban J connectivity index is 1.89. The van der Waals surface area contributed by atoms with Gasteiger partial charge in [-0.05, 0) is 49.9 Å². The zero-order chi connectivity index (χ0) is 14.9. The first-order valence-electron chi connectivity index (χ1n) is 7.37. The van der Waals surface area contributed by atoms with Crippen LogP contribution in [0.1, 0.15) is 31.2 Å². The lowest BCUT2D eigenvalue weighted by molar-refractivity contribution is 0.425. The van der Waals surface area contributed by atoms with E-state index in [1.54, 1.807) is 0 Å². The van der Waals surface area contributed by atoms with E-state index in [-0.39, 0.29) is 5.54 Å². The van der Waals surface area contributed by atoms with Crippen molar-refractivity contribution in [2.75, 3.05) is 0 Å². The molecule has 0 aliphatic carbocycles. The topological polar surface area (TPSA) is 17.0 Å². The maximum atomic E-state index is 3.58. The maximum absolute atomic E-state index is 3.58. The van der Waals surface area contributed by atoms with Crippen LogP contribution in [0, 0.1) is 0 Å². The Kier molecular flexibility index (Phi) is 3.87. The molecule has 0 unspecified atom stereocenters. The Bertz CT molecular complexity index is 717. The maximum Gasteiger partial charge on any atom is 0.0569 e. The van der Waals surface area contributed by atoms with Crippen molar-refractivity contribution in [2.24, 2.45) is 0 Å². The van der Waals surface area contributed by atoms with Gasteiger partial charge in [0.1, 0.15) is 0 Å². The molecule has 110 valence electrons. The number of hydrogen-bond donors (Lipinski definition) is 1. The van der Waals surface area contributed by atoms with Gasteiger partial charge in [0.15, 0.2) is 0 Å². The second-order valence-corrected chi connectivity index (χ2v) is 7.51. The lowest BCUT2D eigenvalue weighted by Gasteiger charge is -2.21. The SMILES string of the molecule is CC(C)(C)NCc1cccc2c1ccn2Cc1cccs1. The first kappa shape index (κ1) is 14.4. The van der Waals surface area contributed by atoms with Crippen molar-refractivity contribution >= 4 is 22.2 Å². The van der Waals surface area contributed by atoms with Crippen LogP contribution in [0.15, 0.2) is 48.0 Å². The van der Waals surface area contributed by atoms with Crippen molar-refractivity contribution in [2.45, 2.75) is 39.4 Å². The second-order valence-electron chi connectivity index (χ2n) is 6.48. The molecule has 21 heavy (non-hydrogen) atoms. The summed E-state index contributed by atoms with van der Waals surface area (Å²) < 4.78 is 2.34. The molecular weight excluding hydrogens is 276 g/mol. The van der Waals surface area contributed by atoms with Crippen molar-refractivity contribution in [3.8, 4) is 0 Å². The molecule has 0 amide bonds. The van der Waals surface area contributed by atoms with E-state index in [2.05, 4.69) is 78.6 Å². The molecule has 0 bridgehead atoms. The summed E-state index contributed by atoms with van der Waals surface area (Å²) in [5, 5.41) is 7.07. The number of fused-ring (bicyclic) bond motifs is 1.